The van der Waals surface area contributed by atoms with Gasteiger partial charge in [0.2, 0.25) is 5.82 Å². The molecule has 10 nitrogen and oxygen atoms in total. The number of anilines is 1. The highest BCUT2D eigenvalue weighted by molar-refractivity contribution is 6.10. The molecule has 0 saturated carbocycles. The molecule has 10 heteroatoms. The lowest BCUT2D eigenvalue weighted by Gasteiger charge is -2.08. The summed E-state index contributed by atoms with van der Waals surface area (Å²) in [4.78, 5) is 21.5. The summed E-state index contributed by atoms with van der Waals surface area (Å²) >= 11 is 0. The van der Waals surface area contributed by atoms with E-state index in [9.17, 15) is 4.79 Å². The Morgan fingerprint density at radius 2 is 2.07 bits per heavy atom. The fourth-order valence-corrected chi connectivity index (χ4v) is 2.38. The van der Waals surface area contributed by atoms with Crippen LogP contribution < -0.4 is 5.32 Å². The fourth-order valence-electron chi connectivity index (χ4n) is 2.38. The lowest BCUT2D eigenvalue weighted by molar-refractivity contribution is 0.128. The van der Waals surface area contributed by atoms with Crippen LogP contribution in [0.25, 0.3) is 0 Å². The van der Waals surface area contributed by atoms with Gasteiger partial charge in [0.1, 0.15) is 12.4 Å². The number of nitrogens with zero attached hydrogens (tertiary/aromatic N) is 6. The molecule has 0 saturated heterocycles. The smallest absolute Gasteiger partial charge is 0.412 e. The standard InChI is InChI=1S/C20H19N7O3/c1-3-4-13-29-20(28)22-17-12-8-11-16(21-17)14-30-24-18(15-9-6-5-7-10-15)19-23-25-26-27(19)2/h1,5-12H,4,13-14H2,2H3,(H,21,22,28)/b24-18+. The third kappa shape index (κ3) is 5.62. The summed E-state index contributed by atoms with van der Waals surface area (Å²) in [5.74, 6) is 3.17. The predicted molar refractivity (Wildman–Crippen MR) is 108 cm³/mol. The molecule has 0 atom stereocenters. The van der Waals surface area contributed by atoms with Gasteiger partial charge in [0, 0.05) is 19.0 Å². The van der Waals surface area contributed by atoms with Gasteiger partial charge in [-0.2, -0.15) is 0 Å². The van der Waals surface area contributed by atoms with Crippen LogP contribution >= 0.6 is 0 Å². The van der Waals surface area contributed by atoms with Crippen LogP contribution in [0.5, 0.6) is 0 Å². The number of carbonyl (C=O) groups is 1. The number of tetrazole rings is 1. The van der Waals surface area contributed by atoms with Crippen LogP contribution in [0.1, 0.15) is 23.5 Å². The minimum atomic E-state index is -0.630. The second-order valence-corrected chi connectivity index (χ2v) is 5.93. The highest BCUT2D eigenvalue weighted by Gasteiger charge is 2.14. The van der Waals surface area contributed by atoms with Gasteiger partial charge in [0.15, 0.2) is 12.3 Å². The van der Waals surface area contributed by atoms with E-state index < -0.39 is 6.09 Å². The number of ether oxygens (including phenoxy) is 1. The molecule has 0 unspecified atom stereocenters. The number of pyridine rings is 1. The Labute approximate surface area is 172 Å². The fraction of sp³-hybridized carbons (Fsp3) is 0.200. The third-order valence-corrected chi connectivity index (χ3v) is 3.76. The van der Waals surface area contributed by atoms with Gasteiger partial charge in [-0.15, -0.1) is 17.4 Å². The van der Waals surface area contributed by atoms with Gasteiger partial charge in [0.25, 0.3) is 0 Å². The Morgan fingerprint density at radius 1 is 1.23 bits per heavy atom. The van der Waals surface area contributed by atoms with E-state index in [1.165, 1.54) is 4.68 Å². The lowest BCUT2D eigenvalue weighted by Crippen LogP contribution is -2.15. The molecule has 0 radical (unpaired) electrons. The van der Waals surface area contributed by atoms with Crippen LogP contribution in [0.4, 0.5) is 10.6 Å². The first kappa shape index (κ1) is 20.5. The molecule has 0 fully saturated rings. The normalized spacial score (nSPS) is 10.9. The van der Waals surface area contributed by atoms with E-state index in [0.717, 1.165) is 5.56 Å². The quantitative estimate of drug-likeness (QED) is 0.264. The number of hydrogen-bond acceptors (Lipinski definition) is 8. The van der Waals surface area contributed by atoms with E-state index in [1.807, 2.05) is 30.3 Å². The van der Waals surface area contributed by atoms with Crippen molar-refractivity contribution in [3.8, 4) is 12.3 Å². The molecule has 0 spiro atoms. The van der Waals surface area contributed by atoms with Crippen LogP contribution in [0.3, 0.4) is 0 Å². The average molecular weight is 405 g/mol. The number of benzene rings is 1. The minimum Gasteiger partial charge on any atom is -0.448 e. The summed E-state index contributed by atoms with van der Waals surface area (Å²) in [5, 5.41) is 18.2. The average Bonchev–Trinajstić information content (AvgIpc) is 3.18. The molecule has 3 aromatic rings. The van der Waals surface area contributed by atoms with Crippen LogP contribution in [-0.4, -0.2) is 43.6 Å². The molecular weight excluding hydrogens is 386 g/mol. The molecule has 0 aliphatic rings. The molecule has 1 amide bonds. The van der Waals surface area contributed by atoms with E-state index >= 15 is 0 Å². The number of carbonyl (C=O) groups excluding carboxylic acids is 1. The highest BCUT2D eigenvalue weighted by atomic mass is 16.6. The van der Waals surface area contributed by atoms with Crippen molar-refractivity contribution in [3.05, 3.63) is 65.6 Å². The van der Waals surface area contributed by atoms with Gasteiger partial charge in [-0.3, -0.25) is 5.32 Å². The number of hydrogen-bond donors (Lipinski definition) is 1. The van der Waals surface area contributed by atoms with Crippen molar-refractivity contribution in [3.63, 3.8) is 0 Å². The van der Waals surface area contributed by atoms with Crippen LogP contribution in [0.15, 0.2) is 53.7 Å². The van der Waals surface area contributed by atoms with E-state index in [4.69, 9.17) is 16.0 Å². The molecule has 152 valence electrons. The number of rotatable bonds is 8. The highest BCUT2D eigenvalue weighted by Crippen LogP contribution is 2.10. The lowest BCUT2D eigenvalue weighted by atomic mass is 10.1. The molecular formula is C20H19N7O3. The van der Waals surface area contributed by atoms with Crippen molar-refractivity contribution in [2.24, 2.45) is 12.2 Å². The summed E-state index contributed by atoms with van der Waals surface area (Å²) in [7, 11) is 1.72. The summed E-state index contributed by atoms with van der Waals surface area (Å²) in [6.45, 7) is 0.211. The third-order valence-electron chi connectivity index (χ3n) is 3.76. The van der Waals surface area contributed by atoms with Crippen LogP contribution in [0.2, 0.25) is 0 Å². The summed E-state index contributed by atoms with van der Waals surface area (Å²) in [6, 6.07) is 14.5. The maximum atomic E-state index is 11.7. The first-order chi connectivity index (χ1) is 14.7. The largest absolute Gasteiger partial charge is 0.448 e. The number of oxime groups is 1. The molecule has 1 aromatic carbocycles. The Balaban J connectivity index is 1.68. The molecule has 2 aromatic heterocycles. The Kier molecular flexibility index (Phi) is 7.05. The maximum Gasteiger partial charge on any atom is 0.412 e. The van der Waals surface area contributed by atoms with Gasteiger partial charge >= 0.3 is 6.09 Å². The second-order valence-electron chi connectivity index (χ2n) is 5.93. The maximum absolute atomic E-state index is 11.7. The Morgan fingerprint density at radius 3 is 2.80 bits per heavy atom. The number of terminal acetylenes is 1. The van der Waals surface area contributed by atoms with Gasteiger partial charge in [-0.1, -0.05) is 41.6 Å². The molecule has 0 aliphatic carbocycles. The molecule has 3 rings (SSSR count). The summed E-state index contributed by atoms with van der Waals surface area (Å²) < 4.78 is 6.44. The van der Waals surface area contributed by atoms with Crippen molar-refractivity contribution in [2.45, 2.75) is 13.0 Å². The number of aromatic nitrogens is 5. The molecule has 2 heterocycles. The summed E-state index contributed by atoms with van der Waals surface area (Å²) in [5.41, 5.74) is 1.84. The Bertz CT molecular complexity index is 1060. The van der Waals surface area contributed by atoms with Crippen molar-refractivity contribution in [1.82, 2.24) is 25.2 Å². The molecule has 0 bridgehead atoms. The van der Waals surface area contributed by atoms with Crippen molar-refractivity contribution in [2.75, 3.05) is 11.9 Å². The zero-order valence-corrected chi connectivity index (χ0v) is 16.2. The number of amides is 1. The molecule has 0 aliphatic heterocycles. The van der Waals surface area contributed by atoms with Crippen molar-refractivity contribution < 1.29 is 14.4 Å². The minimum absolute atomic E-state index is 0.0727. The number of nitrogens with one attached hydrogen (secondary N) is 1. The zero-order valence-electron chi connectivity index (χ0n) is 16.2. The van der Waals surface area contributed by atoms with E-state index in [1.54, 1.807) is 25.2 Å². The SMILES string of the molecule is C#CCCOC(=O)Nc1cccc(CO/N=C(\c2ccccc2)c2nnnn2C)n1. The monoisotopic (exact) mass is 405 g/mol. The van der Waals surface area contributed by atoms with E-state index in [2.05, 4.69) is 36.9 Å². The van der Waals surface area contributed by atoms with Gasteiger partial charge in [-0.05, 0) is 22.6 Å². The van der Waals surface area contributed by atoms with E-state index in [0.29, 0.717) is 29.5 Å². The molecule has 1 N–H and O–H groups in total. The summed E-state index contributed by atoms with van der Waals surface area (Å²) in [6.07, 6.45) is 4.84. The molecule has 30 heavy (non-hydrogen) atoms. The van der Waals surface area contributed by atoms with Gasteiger partial charge in [-0.25, -0.2) is 14.5 Å². The Hall–Kier alpha value is -4.26. The van der Waals surface area contributed by atoms with Crippen LogP contribution in [0, 0.1) is 12.3 Å². The first-order valence-corrected chi connectivity index (χ1v) is 8.98. The first-order valence-electron chi connectivity index (χ1n) is 8.98. The number of aryl methyl sites for hydroxylation is 1. The van der Waals surface area contributed by atoms with E-state index in [-0.39, 0.29) is 13.2 Å². The van der Waals surface area contributed by atoms with Crippen LogP contribution in [-0.2, 0) is 23.2 Å². The second kappa shape index (κ2) is 10.3. The van der Waals surface area contributed by atoms with Gasteiger partial charge < -0.3 is 9.57 Å². The predicted octanol–water partition coefficient (Wildman–Crippen LogP) is 2.15. The zero-order chi connectivity index (χ0) is 21.2. The van der Waals surface area contributed by atoms with Crippen molar-refractivity contribution in [1.29, 1.82) is 0 Å². The van der Waals surface area contributed by atoms with Gasteiger partial charge in [0.05, 0.1) is 5.69 Å². The van der Waals surface area contributed by atoms with Crippen molar-refractivity contribution >= 4 is 17.6 Å². The topological polar surface area (TPSA) is 116 Å².